The Kier molecular flexibility index (Phi) is 5.33. The van der Waals surface area contributed by atoms with Crippen molar-refractivity contribution in [2.45, 2.75) is 31.4 Å². The molecule has 0 amide bonds. The van der Waals surface area contributed by atoms with Crippen LogP contribution in [0.2, 0.25) is 0 Å². The molecule has 1 aromatic carbocycles. The minimum atomic E-state index is -2.83. The van der Waals surface area contributed by atoms with Crippen molar-refractivity contribution in [1.29, 1.82) is 0 Å². The lowest BCUT2D eigenvalue weighted by molar-refractivity contribution is -0.0498. The zero-order chi connectivity index (χ0) is 15.6. The lowest BCUT2D eigenvalue weighted by atomic mass is 9.77. The number of hydrogen-bond acceptors (Lipinski definition) is 5. The maximum atomic E-state index is 12.0. The van der Waals surface area contributed by atoms with Crippen LogP contribution in [0.4, 0.5) is 8.78 Å². The van der Waals surface area contributed by atoms with Gasteiger partial charge in [0.25, 0.3) is 5.89 Å². The average Bonchev–Trinajstić information content (AvgIpc) is 2.93. The number of aromatic nitrogens is 2. The van der Waals surface area contributed by atoms with Crippen molar-refractivity contribution in [3.63, 3.8) is 0 Å². The third kappa shape index (κ3) is 4.05. The maximum Gasteiger partial charge on any atom is 0.387 e. The molecule has 124 valence electrons. The Morgan fingerprint density at radius 3 is 2.48 bits per heavy atom. The Hall–Kier alpha value is -1.99. The second-order valence-corrected chi connectivity index (χ2v) is 5.25. The van der Waals surface area contributed by atoms with Crippen LogP contribution in [0.1, 0.15) is 36.5 Å². The molecule has 3 rings (SSSR count). The molecule has 0 unspecified atom stereocenters. The van der Waals surface area contributed by atoms with Crippen LogP contribution in [-0.2, 0) is 5.54 Å². The Morgan fingerprint density at radius 2 is 1.91 bits per heavy atom. The van der Waals surface area contributed by atoms with Crippen molar-refractivity contribution >= 4 is 24.6 Å². The van der Waals surface area contributed by atoms with Gasteiger partial charge in [-0.05, 0) is 43.0 Å². The number of nitrogens with two attached hydrogens (primary N) is 1. The summed E-state index contributed by atoms with van der Waals surface area (Å²) in [6, 6.07) is 6.24. The molecule has 0 saturated heterocycles. The van der Waals surface area contributed by atoms with E-state index < -0.39 is 12.2 Å². The van der Waals surface area contributed by atoms with Crippen molar-refractivity contribution in [3.05, 3.63) is 41.5 Å². The minimum absolute atomic E-state index is 0. The van der Waals surface area contributed by atoms with Crippen LogP contribution in [0, 0.1) is 0 Å². The van der Waals surface area contributed by atoms with Crippen LogP contribution in [0.15, 0.2) is 28.8 Å². The van der Waals surface area contributed by atoms with Gasteiger partial charge in [0.05, 0.1) is 5.54 Å². The second-order valence-electron chi connectivity index (χ2n) is 5.25. The molecule has 0 bridgehead atoms. The number of rotatable bonds is 5. The lowest BCUT2D eigenvalue weighted by Crippen LogP contribution is -2.44. The van der Waals surface area contributed by atoms with E-state index >= 15 is 0 Å². The number of alkyl halides is 2. The molecule has 23 heavy (non-hydrogen) atoms. The standard InChI is InChI=1S/C15H15F2N3O2.ClH/c16-14(17)21-11-5-2-10(3-6-11)4-7-12-19-13(20-22-12)15(18)8-1-9-15;/h2-7,14H,1,8-9,18H2;1H/b7-4+;. The summed E-state index contributed by atoms with van der Waals surface area (Å²) in [7, 11) is 0. The van der Waals surface area contributed by atoms with Crippen molar-refractivity contribution in [2.75, 3.05) is 0 Å². The monoisotopic (exact) mass is 343 g/mol. The van der Waals surface area contributed by atoms with E-state index in [0.29, 0.717) is 11.7 Å². The third-order valence-corrected chi connectivity index (χ3v) is 3.66. The van der Waals surface area contributed by atoms with Crippen LogP contribution in [0.3, 0.4) is 0 Å². The number of nitrogens with zero attached hydrogens (tertiary/aromatic N) is 2. The molecule has 8 heteroatoms. The van der Waals surface area contributed by atoms with Crippen LogP contribution in [-0.4, -0.2) is 16.8 Å². The molecule has 0 atom stereocenters. The molecule has 2 N–H and O–H groups in total. The van der Waals surface area contributed by atoms with Gasteiger partial charge in [-0.3, -0.25) is 0 Å². The van der Waals surface area contributed by atoms with E-state index in [1.54, 1.807) is 24.3 Å². The van der Waals surface area contributed by atoms with E-state index in [9.17, 15) is 8.78 Å². The summed E-state index contributed by atoms with van der Waals surface area (Å²) >= 11 is 0. The number of halogens is 3. The summed E-state index contributed by atoms with van der Waals surface area (Å²) < 4.78 is 33.5. The lowest BCUT2D eigenvalue weighted by Gasteiger charge is -2.34. The first kappa shape index (κ1) is 17.4. The topological polar surface area (TPSA) is 74.2 Å². The molecule has 1 heterocycles. The van der Waals surface area contributed by atoms with Gasteiger partial charge in [-0.2, -0.15) is 13.8 Å². The molecule has 5 nitrogen and oxygen atoms in total. The van der Waals surface area contributed by atoms with Crippen LogP contribution in [0.5, 0.6) is 5.75 Å². The van der Waals surface area contributed by atoms with Gasteiger partial charge in [0.2, 0.25) is 0 Å². The predicted molar refractivity (Wildman–Crippen MR) is 83.3 cm³/mol. The smallest absolute Gasteiger partial charge is 0.387 e. The SMILES string of the molecule is Cl.NC1(c2noc(/C=C/c3ccc(OC(F)F)cc3)n2)CCC1. The molecular formula is C15H16ClF2N3O2. The first-order valence-electron chi connectivity index (χ1n) is 6.91. The fraction of sp³-hybridized carbons (Fsp3) is 0.333. The molecule has 0 aliphatic heterocycles. The van der Waals surface area contributed by atoms with Crippen LogP contribution >= 0.6 is 12.4 Å². The van der Waals surface area contributed by atoms with Crippen molar-refractivity contribution < 1.29 is 18.0 Å². The number of ether oxygens (including phenoxy) is 1. The Morgan fingerprint density at radius 1 is 1.22 bits per heavy atom. The largest absolute Gasteiger partial charge is 0.435 e. The summed E-state index contributed by atoms with van der Waals surface area (Å²) in [5, 5.41) is 3.90. The molecule has 1 aromatic heterocycles. The van der Waals surface area contributed by atoms with E-state index in [-0.39, 0.29) is 18.2 Å². The fourth-order valence-electron chi connectivity index (χ4n) is 2.21. The molecule has 0 radical (unpaired) electrons. The van der Waals surface area contributed by atoms with E-state index in [4.69, 9.17) is 10.3 Å². The highest BCUT2D eigenvalue weighted by Crippen LogP contribution is 2.36. The molecule has 1 aliphatic rings. The highest BCUT2D eigenvalue weighted by atomic mass is 35.5. The number of benzene rings is 1. The van der Waals surface area contributed by atoms with Crippen molar-refractivity contribution in [2.24, 2.45) is 5.73 Å². The first-order chi connectivity index (χ1) is 10.5. The van der Waals surface area contributed by atoms with Gasteiger partial charge >= 0.3 is 6.61 Å². The van der Waals surface area contributed by atoms with E-state index in [1.807, 2.05) is 0 Å². The van der Waals surface area contributed by atoms with E-state index in [1.165, 1.54) is 12.1 Å². The summed E-state index contributed by atoms with van der Waals surface area (Å²) in [5.41, 5.74) is 6.46. The molecule has 1 saturated carbocycles. The summed E-state index contributed by atoms with van der Waals surface area (Å²) in [5.74, 6) is 1.00. The highest BCUT2D eigenvalue weighted by Gasteiger charge is 2.38. The van der Waals surface area contributed by atoms with Gasteiger partial charge in [-0.25, -0.2) is 0 Å². The highest BCUT2D eigenvalue weighted by molar-refractivity contribution is 5.85. The molecule has 2 aromatic rings. The Balaban J connectivity index is 0.00000192. The van der Waals surface area contributed by atoms with Gasteiger partial charge < -0.3 is 15.0 Å². The predicted octanol–water partition coefficient (Wildman–Crippen LogP) is 3.60. The Labute approximate surface area is 137 Å². The Bertz CT molecular complexity index is 670. The van der Waals surface area contributed by atoms with Crippen molar-refractivity contribution in [3.8, 4) is 5.75 Å². The van der Waals surface area contributed by atoms with E-state index in [2.05, 4.69) is 14.9 Å². The summed E-state index contributed by atoms with van der Waals surface area (Å²) in [4.78, 5) is 4.26. The van der Waals surface area contributed by atoms with Crippen LogP contribution in [0.25, 0.3) is 12.2 Å². The zero-order valence-corrected chi connectivity index (χ0v) is 12.9. The van der Waals surface area contributed by atoms with Gasteiger partial charge in [-0.15, -0.1) is 12.4 Å². The molecule has 1 fully saturated rings. The quantitative estimate of drug-likeness (QED) is 0.897. The van der Waals surface area contributed by atoms with Gasteiger partial charge in [-0.1, -0.05) is 17.3 Å². The zero-order valence-electron chi connectivity index (χ0n) is 12.1. The normalized spacial score (nSPS) is 16.2. The number of hydrogen-bond donors (Lipinski definition) is 1. The second kappa shape index (κ2) is 7.06. The van der Waals surface area contributed by atoms with Gasteiger partial charge in [0.1, 0.15) is 5.75 Å². The molecular weight excluding hydrogens is 328 g/mol. The summed E-state index contributed by atoms with van der Waals surface area (Å²) in [6.45, 7) is -2.83. The molecule has 1 aliphatic carbocycles. The van der Waals surface area contributed by atoms with E-state index in [0.717, 1.165) is 24.8 Å². The van der Waals surface area contributed by atoms with Crippen molar-refractivity contribution in [1.82, 2.24) is 10.1 Å². The average molecular weight is 344 g/mol. The van der Waals surface area contributed by atoms with Gasteiger partial charge in [0.15, 0.2) is 5.82 Å². The minimum Gasteiger partial charge on any atom is -0.435 e. The molecule has 0 spiro atoms. The maximum absolute atomic E-state index is 12.0. The summed E-state index contributed by atoms with van der Waals surface area (Å²) in [6.07, 6.45) is 6.20. The van der Waals surface area contributed by atoms with Crippen LogP contribution < -0.4 is 10.5 Å². The first-order valence-corrected chi connectivity index (χ1v) is 6.91. The van der Waals surface area contributed by atoms with Gasteiger partial charge in [0, 0.05) is 6.08 Å². The fourth-order valence-corrected chi connectivity index (χ4v) is 2.21. The third-order valence-electron chi connectivity index (χ3n) is 3.66.